The first-order valence-electron chi connectivity index (χ1n) is 7.80. The summed E-state index contributed by atoms with van der Waals surface area (Å²) < 4.78 is 1.73. The fraction of sp³-hybridized carbons (Fsp3) is 0.412. The van der Waals surface area contributed by atoms with Gasteiger partial charge in [-0.2, -0.15) is 0 Å². The molecule has 6 nitrogen and oxygen atoms in total. The third-order valence-electron chi connectivity index (χ3n) is 4.47. The van der Waals surface area contributed by atoms with Gasteiger partial charge in [-0.05, 0) is 32.9 Å². The number of carbonyl (C=O) groups is 1. The molecule has 23 heavy (non-hydrogen) atoms. The Labute approximate surface area is 134 Å². The topological polar surface area (TPSA) is 84.1 Å². The number of aromatic nitrogens is 2. The number of imidazole rings is 1. The number of primary amides is 1. The second-order valence-electron chi connectivity index (χ2n) is 6.45. The standard InChI is InChI=1S/C17H22N4O2/c1-10(2)6-7-20-9-13-12(16(18)22)4-5-14-15(13)21(8-11(20)3)17(23)19-14/h4-6,11H,7-9H2,1-3H3,(H2,18,22)(H,19,23)/t11-/m0/s1. The molecular weight excluding hydrogens is 292 g/mol. The molecule has 0 aliphatic carbocycles. The van der Waals surface area contributed by atoms with E-state index in [2.05, 4.69) is 36.7 Å². The van der Waals surface area contributed by atoms with Gasteiger partial charge in [0.25, 0.3) is 0 Å². The zero-order chi connectivity index (χ0) is 16.7. The van der Waals surface area contributed by atoms with Gasteiger partial charge in [0.15, 0.2) is 0 Å². The van der Waals surface area contributed by atoms with Crippen LogP contribution in [0, 0.1) is 0 Å². The lowest BCUT2D eigenvalue weighted by atomic mass is 10.0. The molecule has 0 saturated carbocycles. The van der Waals surface area contributed by atoms with E-state index in [0.717, 1.165) is 23.1 Å². The molecule has 1 aromatic heterocycles. The van der Waals surface area contributed by atoms with Crippen LogP contribution in [-0.2, 0) is 13.1 Å². The molecule has 1 aliphatic heterocycles. The average Bonchev–Trinajstić information content (AvgIpc) is 2.70. The first-order chi connectivity index (χ1) is 10.9. The molecular formula is C17H22N4O2. The minimum Gasteiger partial charge on any atom is -0.366 e. The molecule has 6 heteroatoms. The summed E-state index contributed by atoms with van der Waals surface area (Å²) in [6.45, 7) is 8.18. The van der Waals surface area contributed by atoms with Crippen LogP contribution < -0.4 is 11.4 Å². The number of allylic oxidation sites excluding steroid dienone is 1. The highest BCUT2D eigenvalue weighted by molar-refractivity contribution is 5.99. The van der Waals surface area contributed by atoms with Gasteiger partial charge in [-0.1, -0.05) is 11.6 Å². The summed E-state index contributed by atoms with van der Waals surface area (Å²) in [5.74, 6) is -0.459. The SMILES string of the molecule is CC(C)=CCN1Cc2c(C(N)=O)ccc3[nH]c(=O)n(c23)C[C@@H]1C. The number of hydrogen-bond acceptors (Lipinski definition) is 3. The summed E-state index contributed by atoms with van der Waals surface area (Å²) in [4.78, 5) is 29.2. The van der Waals surface area contributed by atoms with Crippen LogP contribution >= 0.6 is 0 Å². The van der Waals surface area contributed by atoms with E-state index >= 15 is 0 Å². The Morgan fingerprint density at radius 2 is 2.17 bits per heavy atom. The maximum absolute atomic E-state index is 12.3. The Bertz CT molecular complexity index is 855. The summed E-state index contributed by atoms with van der Waals surface area (Å²) in [5.41, 5.74) is 9.53. The third kappa shape index (κ3) is 2.70. The summed E-state index contributed by atoms with van der Waals surface area (Å²) in [5, 5.41) is 0. The van der Waals surface area contributed by atoms with Crippen molar-refractivity contribution in [2.75, 3.05) is 6.54 Å². The van der Waals surface area contributed by atoms with E-state index in [0.29, 0.717) is 18.7 Å². The van der Waals surface area contributed by atoms with E-state index < -0.39 is 5.91 Å². The number of benzene rings is 1. The maximum atomic E-state index is 12.3. The molecule has 0 fully saturated rings. The molecule has 0 bridgehead atoms. The second-order valence-corrected chi connectivity index (χ2v) is 6.45. The number of hydrogen-bond donors (Lipinski definition) is 2. The quantitative estimate of drug-likeness (QED) is 0.844. The van der Waals surface area contributed by atoms with Crippen molar-refractivity contribution in [1.82, 2.24) is 14.5 Å². The van der Waals surface area contributed by atoms with Gasteiger partial charge in [0, 0.05) is 36.8 Å². The van der Waals surface area contributed by atoms with Crippen LogP contribution in [0.5, 0.6) is 0 Å². The van der Waals surface area contributed by atoms with Crippen molar-refractivity contribution in [3.05, 3.63) is 45.4 Å². The molecule has 3 rings (SSSR count). The van der Waals surface area contributed by atoms with Crippen molar-refractivity contribution in [3.8, 4) is 0 Å². The van der Waals surface area contributed by atoms with Gasteiger partial charge >= 0.3 is 5.69 Å². The Balaban J connectivity index is 2.18. The van der Waals surface area contributed by atoms with Gasteiger partial charge in [0.05, 0.1) is 11.0 Å². The van der Waals surface area contributed by atoms with Crippen molar-refractivity contribution in [3.63, 3.8) is 0 Å². The molecule has 0 radical (unpaired) electrons. The Morgan fingerprint density at radius 3 is 2.83 bits per heavy atom. The first-order valence-corrected chi connectivity index (χ1v) is 7.80. The molecule has 0 spiro atoms. The minimum atomic E-state index is -0.459. The number of H-pyrrole nitrogens is 1. The van der Waals surface area contributed by atoms with Crippen LogP contribution in [0.1, 0.15) is 36.7 Å². The van der Waals surface area contributed by atoms with Gasteiger partial charge < -0.3 is 10.7 Å². The zero-order valence-corrected chi connectivity index (χ0v) is 13.7. The Kier molecular flexibility index (Phi) is 3.85. The highest BCUT2D eigenvalue weighted by Gasteiger charge is 2.26. The van der Waals surface area contributed by atoms with Crippen LogP contribution in [0.4, 0.5) is 0 Å². The first kappa shape index (κ1) is 15.6. The van der Waals surface area contributed by atoms with Gasteiger partial charge in [-0.15, -0.1) is 0 Å². The fourth-order valence-electron chi connectivity index (χ4n) is 3.18. The van der Waals surface area contributed by atoms with E-state index in [4.69, 9.17) is 5.73 Å². The third-order valence-corrected chi connectivity index (χ3v) is 4.47. The number of carbonyl (C=O) groups excluding carboxylic acids is 1. The molecule has 2 aromatic rings. The lowest BCUT2D eigenvalue weighted by Crippen LogP contribution is -2.36. The molecule has 1 aromatic carbocycles. The van der Waals surface area contributed by atoms with E-state index in [1.54, 1.807) is 16.7 Å². The highest BCUT2D eigenvalue weighted by Crippen LogP contribution is 2.26. The maximum Gasteiger partial charge on any atom is 0.326 e. The Hall–Kier alpha value is -2.34. The number of nitrogens with two attached hydrogens (primary N) is 1. The van der Waals surface area contributed by atoms with Crippen molar-refractivity contribution in [2.45, 2.75) is 39.9 Å². The van der Waals surface area contributed by atoms with Gasteiger partial charge in [0.1, 0.15) is 0 Å². The summed E-state index contributed by atoms with van der Waals surface area (Å²) in [6.07, 6.45) is 2.16. The van der Waals surface area contributed by atoms with Crippen LogP contribution in [0.3, 0.4) is 0 Å². The van der Waals surface area contributed by atoms with Crippen molar-refractivity contribution >= 4 is 16.9 Å². The normalized spacial score (nSPS) is 18.0. The largest absolute Gasteiger partial charge is 0.366 e. The summed E-state index contributed by atoms with van der Waals surface area (Å²) >= 11 is 0. The predicted octanol–water partition coefficient (Wildman–Crippen LogP) is 1.60. The van der Waals surface area contributed by atoms with Gasteiger partial charge in [0.2, 0.25) is 5.91 Å². The van der Waals surface area contributed by atoms with Crippen LogP contribution in [0.15, 0.2) is 28.6 Å². The monoisotopic (exact) mass is 314 g/mol. The molecule has 2 heterocycles. The van der Waals surface area contributed by atoms with Gasteiger partial charge in [-0.3, -0.25) is 14.3 Å². The van der Waals surface area contributed by atoms with E-state index in [9.17, 15) is 9.59 Å². The summed E-state index contributed by atoms with van der Waals surface area (Å²) in [6, 6.07) is 3.64. The predicted molar refractivity (Wildman–Crippen MR) is 90.4 cm³/mol. The fourth-order valence-corrected chi connectivity index (χ4v) is 3.18. The number of rotatable bonds is 3. The second kappa shape index (κ2) is 5.70. The molecule has 1 atom stereocenters. The molecule has 122 valence electrons. The van der Waals surface area contributed by atoms with E-state index in [1.165, 1.54) is 5.57 Å². The number of amides is 1. The van der Waals surface area contributed by atoms with Crippen LogP contribution in [0.25, 0.3) is 11.0 Å². The van der Waals surface area contributed by atoms with Gasteiger partial charge in [-0.25, -0.2) is 4.79 Å². The molecule has 0 saturated heterocycles. The van der Waals surface area contributed by atoms with Crippen LogP contribution in [0.2, 0.25) is 0 Å². The Morgan fingerprint density at radius 1 is 1.43 bits per heavy atom. The molecule has 1 amide bonds. The zero-order valence-electron chi connectivity index (χ0n) is 13.7. The average molecular weight is 314 g/mol. The smallest absolute Gasteiger partial charge is 0.326 e. The lowest BCUT2D eigenvalue weighted by Gasteiger charge is -2.26. The minimum absolute atomic E-state index is 0.140. The molecule has 0 unspecified atom stereocenters. The number of nitrogens with zero attached hydrogens (tertiary/aromatic N) is 2. The molecule has 1 aliphatic rings. The van der Waals surface area contributed by atoms with Crippen molar-refractivity contribution < 1.29 is 4.79 Å². The van der Waals surface area contributed by atoms with Crippen molar-refractivity contribution in [2.24, 2.45) is 5.73 Å². The van der Waals surface area contributed by atoms with Crippen LogP contribution in [-0.4, -0.2) is 32.9 Å². The van der Waals surface area contributed by atoms with E-state index in [1.807, 2.05) is 0 Å². The van der Waals surface area contributed by atoms with E-state index in [-0.39, 0.29) is 11.7 Å². The highest BCUT2D eigenvalue weighted by atomic mass is 16.1. The summed E-state index contributed by atoms with van der Waals surface area (Å²) in [7, 11) is 0. The number of nitrogens with one attached hydrogen (secondary N) is 1. The lowest BCUT2D eigenvalue weighted by molar-refractivity contribution is 0.0998. The number of aromatic amines is 1. The molecule has 3 N–H and O–H groups in total. The van der Waals surface area contributed by atoms with Crippen molar-refractivity contribution in [1.29, 1.82) is 0 Å².